The molecule has 2 amide bonds. The molecule has 0 spiro atoms. The van der Waals surface area contributed by atoms with Crippen LogP contribution in [-0.4, -0.2) is 71.2 Å². The Kier molecular flexibility index (Phi) is 7.78. The first kappa shape index (κ1) is 28.0. The Morgan fingerprint density at radius 1 is 1.07 bits per heavy atom. The van der Waals surface area contributed by atoms with Gasteiger partial charge in [0.2, 0.25) is 5.91 Å². The molecule has 5 rings (SSSR count). The van der Waals surface area contributed by atoms with Crippen molar-refractivity contribution in [2.45, 2.75) is 19.5 Å². The van der Waals surface area contributed by atoms with E-state index in [2.05, 4.69) is 15.3 Å². The molecule has 8 nitrogen and oxygen atoms in total. The number of methoxy groups -OCH3 is 1. The van der Waals surface area contributed by atoms with E-state index in [9.17, 15) is 22.8 Å². The highest BCUT2D eigenvalue weighted by Gasteiger charge is 2.45. The maximum atomic E-state index is 14.1. The van der Waals surface area contributed by atoms with Gasteiger partial charge < -0.3 is 19.9 Å². The highest BCUT2D eigenvalue weighted by molar-refractivity contribution is 6.31. The number of likely N-dealkylation sites (tertiary alicyclic amines) is 2. The Labute approximate surface area is 234 Å². The second-order valence-corrected chi connectivity index (χ2v) is 10.7. The molecule has 0 saturated carbocycles. The van der Waals surface area contributed by atoms with Crippen LogP contribution in [0, 0.1) is 18.8 Å². The molecule has 1 aromatic heterocycles. The van der Waals surface area contributed by atoms with Crippen molar-refractivity contribution in [3.05, 3.63) is 70.5 Å². The zero-order chi connectivity index (χ0) is 28.6. The third-order valence-electron chi connectivity index (χ3n) is 7.54. The molecule has 2 atom stereocenters. The number of halogens is 4. The predicted octanol–water partition coefficient (Wildman–Crippen LogP) is 4.89. The minimum absolute atomic E-state index is 0.123. The molecule has 40 heavy (non-hydrogen) atoms. The van der Waals surface area contributed by atoms with Crippen molar-refractivity contribution < 1.29 is 27.5 Å². The first-order valence-corrected chi connectivity index (χ1v) is 13.3. The van der Waals surface area contributed by atoms with Gasteiger partial charge in [0, 0.05) is 49.9 Å². The van der Waals surface area contributed by atoms with Crippen LogP contribution < -0.4 is 10.1 Å². The van der Waals surface area contributed by atoms with E-state index < -0.39 is 23.3 Å². The van der Waals surface area contributed by atoms with Gasteiger partial charge in [0.25, 0.3) is 5.91 Å². The van der Waals surface area contributed by atoms with E-state index in [1.165, 1.54) is 36.3 Å². The number of aromatic nitrogens is 2. The Morgan fingerprint density at radius 3 is 2.35 bits per heavy atom. The van der Waals surface area contributed by atoms with E-state index in [1.807, 2.05) is 13.0 Å². The Morgan fingerprint density at radius 2 is 1.75 bits per heavy atom. The maximum absolute atomic E-state index is 14.1. The largest absolute Gasteiger partial charge is 0.497 e. The summed E-state index contributed by atoms with van der Waals surface area (Å²) in [6.45, 7) is 4.51. The smallest absolute Gasteiger partial charge is 0.434 e. The summed E-state index contributed by atoms with van der Waals surface area (Å²) in [5.41, 5.74) is 0.184. The molecule has 2 aliphatic rings. The monoisotopic (exact) mass is 575 g/mol. The van der Waals surface area contributed by atoms with Gasteiger partial charge in [-0.3, -0.25) is 9.59 Å². The molecule has 2 saturated heterocycles. The average Bonchev–Trinajstić information content (AvgIpc) is 3.63. The van der Waals surface area contributed by atoms with Crippen LogP contribution in [0.3, 0.4) is 0 Å². The highest BCUT2D eigenvalue weighted by Crippen LogP contribution is 2.37. The number of hydrogen-bond donors (Lipinski definition) is 1. The van der Waals surface area contributed by atoms with Crippen LogP contribution in [0.4, 0.5) is 18.9 Å². The number of amides is 2. The second-order valence-electron chi connectivity index (χ2n) is 10.3. The van der Waals surface area contributed by atoms with Crippen molar-refractivity contribution in [2.24, 2.45) is 11.8 Å². The van der Waals surface area contributed by atoms with Crippen LogP contribution in [0.2, 0.25) is 5.02 Å². The average molecular weight is 576 g/mol. The third kappa shape index (κ3) is 5.80. The summed E-state index contributed by atoms with van der Waals surface area (Å²) in [6.07, 6.45) is -3.49. The minimum atomic E-state index is -4.78. The van der Waals surface area contributed by atoms with E-state index in [4.69, 9.17) is 16.3 Å². The van der Waals surface area contributed by atoms with Gasteiger partial charge in [-0.2, -0.15) is 18.3 Å². The Balaban J connectivity index is 1.19. The van der Waals surface area contributed by atoms with Gasteiger partial charge in [-0.25, -0.2) is 4.68 Å². The first-order chi connectivity index (χ1) is 19.0. The molecule has 3 heterocycles. The van der Waals surface area contributed by atoms with Gasteiger partial charge in [-0.1, -0.05) is 17.7 Å². The number of anilines is 1. The van der Waals surface area contributed by atoms with Crippen LogP contribution in [-0.2, 0) is 11.0 Å². The number of fused-ring (bicyclic) bond motifs is 1. The molecule has 3 aromatic rings. The number of rotatable bonds is 7. The number of nitrogens with zero attached hydrogens (tertiary/aromatic N) is 4. The summed E-state index contributed by atoms with van der Waals surface area (Å²) in [4.78, 5) is 29.4. The number of ether oxygens (including phenoxy) is 1. The number of carbonyl (C=O) groups is 2. The van der Waals surface area contributed by atoms with E-state index in [1.54, 1.807) is 12.1 Å². The van der Waals surface area contributed by atoms with Gasteiger partial charge in [0.1, 0.15) is 5.75 Å². The summed E-state index contributed by atoms with van der Waals surface area (Å²) < 4.78 is 48.2. The fraction of sp³-hybridized carbons (Fsp3) is 0.393. The van der Waals surface area contributed by atoms with Crippen LogP contribution in [0.1, 0.15) is 28.0 Å². The molecule has 2 fully saturated rings. The molecule has 0 aliphatic carbocycles. The van der Waals surface area contributed by atoms with Crippen molar-refractivity contribution in [3.63, 3.8) is 0 Å². The Bertz CT molecular complexity index is 1400. The lowest BCUT2D eigenvalue weighted by Crippen LogP contribution is -2.35. The lowest BCUT2D eigenvalue weighted by Gasteiger charge is -2.22. The van der Waals surface area contributed by atoms with Crippen molar-refractivity contribution >= 4 is 29.1 Å². The number of carbonyl (C=O) groups excluding carboxylic acids is 2. The van der Waals surface area contributed by atoms with E-state index in [-0.39, 0.29) is 23.4 Å². The van der Waals surface area contributed by atoms with Gasteiger partial charge in [0.05, 0.1) is 24.6 Å². The fourth-order valence-electron chi connectivity index (χ4n) is 5.46. The third-order valence-corrected chi connectivity index (χ3v) is 7.95. The summed E-state index contributed by atoms with van der Waals surface area (Å²) in [5, 5.41) is 7.36. The maximum Gasteiger partial charge on any atom is 0.434 e. The molecule has 2 aliphatic heterocycles. The summed E-state index contributed by atoms with van der Waals surface area (Å²) >= 11 is 6.12. The number of hydrogen-bond acceptors (Lipinski definition) is 5. The van der Waals surface area contributed by atoms with Crippen LogP contribution in [0.15, 0.2) is 48.7 Å². The summed E-state index contributed by atoms with van der Waals surface area (Å²) in [6, 6.07) is 11.3. The van der Waals surface area contributed by atoms with Crippen LogP contribution in [0.5, 0.6) is 5.75 Å². The summed E-state index contributed by atoms with van der Waals surface area (Å²) in [7, 11) is 1.46. The minimum Gasteiger partial charge on any atom is -0.497 e. The lowest BCUT2D eigenvalue weighted by molar-refractivity contribution is -0.143. The number of nitrogens with one attached hydrogen (secondary N) is 1. The fourth-order valence-corrected chi connectivity index (χ4v) is 5.64. The molecule has 12 heteroatoms. The van der Waals surface area contributed by atoms with Crippen molar-refractivity contribution in [1.82, 2.24) is 19.6 Å². The Hall–Kier alpha value is -3.57. The van der Waals surface area contributed by atoms with Gasteiger partial charge >= 0.3 is 6.18 Å². The quantitative estimate of drug-likeness (QED) is 0.434. The SMILES string of the molecule is COc1ccc(-n2ncc(C(=O)N3CC4CN(CCC(=O)Nc5ccc(C)c(Cl)c5)CC4C3)c2C(F)(F)F)cc1. The molecule has 0 bridgehead atoms. The van der Waals surface area contributed by atoms with Gasteiger partial charge in [-0.05, 0) is 60.7 Å². The standard InChI is InChI=1S/C28H29ClF3N5O3/c1-17-3-4-20(11-24(17)29)34-25(38)9-10-35-13-18-15-36(16-19(18)14-35)27(39)23-12-33-37(26(23)28(30,31)32)21-5-7-22(40-2)8-6-21/h3-8,11-12,18-19H,9-10,13-16H2,1-2H3,(H,34,38). The zero-order valence-electron chi connectivity index (χ0n) is 22.0. The normalized spacial score (nSPS) is 19.1. The summed E-state index contributed by atoms with van der Waals surface area (Å²) in [5.74, 6) is -0.0375. The molecule has 2 unspecified atom stereocenters. The topological polar surface area (TPSA) is 79.7 Å². The van der Waals surface area contributed by atoms with Gasteiger partial charge in [-0.15, -0.1) is 0 Å². The van der Waals surface area contributed by atoms with Crippen molar-refractivity contribution in [1.29, 1.82) is 0 Å². The van der Waals surface area contributed by atoms with Gasteiger partial charge in [0.15, 0.2) is 5.69 Å². The number of alkyl halides is 3. The van der Waals surface area contributed by atoms with E-state index in [0.717, 1.165) is 16.4 Å². The predicted molar refractivity (Wildman–Crippen MR) is 144 cm³/mol. The molecule has 212 valence electrons. The zero-order valence-corrected chi connectivity index (χ0v) is 22.8. The van der Waals surface area contributed by atoms with E-state index in [0.29, 0.717) is 55.6 Å². The van der Waals surface area contributed by atoms with E-state index >= 15 is 0 Å². The molecule has 0 radical (unpaired) electrons. The highest BCUT2D eigenvalue weighted by atomic mass is 35.5. The van der Waals surface area contributed by atoms with Crippen molar-refractivity contribution in [2.75, 3.05) is 45.2 Å². The number of benzene rings is 2. The first-order valence-electron chi connectivity index (χ1n) is 12.9. The molecular weight excluding hydrogens is 547 g/mol. The van der Waals surface area contributed by atoms with Crippen LogP contribution >= 0.6 is 11.6 Å². The molecule has 2 aromatic carbocycles. The van der Waals surface area contributed by atoms with Crippen LogP contribution in [0.25, 0.3) is 5.69 Å². The molecule has 1 N–H and O–H groups in total. The second kappa shape index (κ2) is 11.1. The number of aryl methyl sites for hydroxylation is 1. The lowest BCUT2D eigenvalue weighted by atomic mass is 10.0. The van der Waals surface area contributed by atoms with Crippen molar-refractivity contribution in [3.8, 4) is 11.4 Å². The molecular formula is C28H29ClF3N5O3.